The molecule has 0 spiro atoms. The van der Waals surface area contributed by atoms with E-state index in [2.05, 4.69) is 163 Å². The van der Waals surface area contributed by atoms with Gasteiger partial charge in [-0.05, 0) is 86.6 Å². The molecule has 1 aliphatic heterocycles. The van der Waals surface area contributed by atoms with Crippen LogP contribution < -0.4 is 9.64 Å². The van der Waals surface area contributed by atoms with E-state index >= 15 is 0 Å². The van der Waals surface area contributed by atoms with Gasteiger partial charge in [-0.2, -0.15) is 0 Å². The molecular weight excluding hydrogens is 522 g/mol. The van der Waals surface area contributed by atoms with Crippen LogP contribution in [-0.2, 0) is 6.61 Å². The van der Waals surface area contributed by atoms with Crippen molar-refractivity contribution in [3.05, 3.63) is 169 Å². The number of fused-ring (bicyclic) bond motifs is 5. The standard InChI is InChI=1S/C41H29NO/c1-3-9-29(10-4-1)31-17-21-35(22-18-31)42(36-23-19-32(20-24-36)30-11-5-2-6-12-30)37-25-26-38-33(27-37)15-16-34-28-43-40-14-8-7-13-39(40)41(34)38/h1-27H,28H2. The minimum atomic E-state index is 0.595. The highest BCUT2D eigenvalue weighted by Gasteiger charge is 2.20. The van der Waals surface area contributed by atoms with Gasteiger partial charge in [-0.15, -0.1) is 0 Å². The monoisotopic (exact) mass is 551 g/mol. The number of nitrogens with zero attached hydrogens (tertiary/aromatic N) is 1. The summed E-state index contributed by atoms with van der Waals surface area (Å²) in [6.45, 7) is 0.595. The van der Waals surface area contributed by atoms with Gasteiger partial charge in [-0.25, -0.2) is 0 Å². The molecule has 0 saturated heterocycles. The molecule has 0 unspecified atom stereocenters. The van der Waals surface area contributed by atoms with Gasteiger partial charge in [0.15, 0.2) is 0 Å². The van der Waals surface area contributed by atoms with Crippen LogP contribution in [-0.4, -0.2) is 0 Å². The van der Waals surface area contributed by atoms with Gasteiger partial charge in [0.1, 0.15) is 12.4 Å². The molecule has 2 nitrogen and oxygen atoms in total. The molecule has 2 heteroatoms. The van der Waals surface area contributed by atoms with E-state index in [4.69, 9.17) is 4.74 Å². The number of benzene rings is 7. The van der Waals surface area contributed by atoms with E-state index in [0.717, 1.165) is 28.4 Å². The maximum absolute atomic E-state index is 6.05. The molecule has 0 N–H and O–H groups in total. The molecule has 7 aromatic rings. The number of anilines is 3. The van der Waals surface area contributed by atoms with Gasteiger partial charge in [-0.1, -0.05) is 121 Å². The second-order valence-corrected chi connectivity index (χ2v) is 11.0. The lowest BCUT2D eigenvalue weighted by Crippen LogP contribution is -2.10. The summed E-state index contributed by atoms with van der Waals surface area (Å²) in [4.78, 5) is 2.35. The van der Waals surface area contributed by atoms with Crippen LogP contribution in [0.4, 0.5) is 17.1 Å². The Hall–Kier alpha value is -5.60. The molecule has 0 aromatic heterocycles. The first-order chi connectivity index (χ1) is 21.3. The number of para-hydroxylation sites is 1. The normalized spacial score (nSPS) is 11.8. The molecule has 0 atom stereocenters. The van der Waals surface area contributed by atoms with Gasteiger partial charge in [0.25, 0.3) is 0 Å². The quantitative estimate of drug-likeness (QED) is 0.211. The Kier molecular flexibility index (Phi) is 6.23. The van der Waals surface area contributed by atoms with Crippen molar-refractivity contribution >= 4 is 27.8 Å². The summed E-state index contributed by atoms with van der Waals surface area (Å²) in [5.74, 6) is 0.949. The fourth-order valence-electron chi connectivity index (χ4n) is 6.21. The van der Waals surface area contributed by atoms with Crippen LogP contribution >= 0.6 is 0 Å². The first-order valence-electron chi connectivity index (χ1n) is 14.7. The van der Waals surface area contributed by atoms with E-state index in [0.29, 0.717) is 6.61 Å². The molecule has 0 amide bonds. The minimum absolute atomic E-state index is 0.595. The zero-order valence-electron chi connectivity index (χ0n) is 23.7. The number of rotatable bonds is 5. The van der Waals surface area contributed by atoms with Gasteiger partial charge < -0.3 is 9.64 Å². The Labute approximate surface area is 252 Å². The first-order valence-corrected chi connectivity index (χ1v) is 14.7. The lowest BCUT2D eigenvalue weighted by molar-refractivity contribution is 0.302. The van der Waals surface area contributed by atoms with Crippen LogP contribution in [0.3, 0.4) is 0 Å². The van der Waals surface area contributed by atoms with Crippen LogP contribution in [0.1, 0.15) is 5.56 Å². The van der Waals surface area contributed by atoms with Gasteiger partial charge in [-0.3, -0.25) is 0 Å². The average Bonchev–Trinajstić information content (AvgIpc) is 3.09. The molecule has 0 fully saturated rings. The molecule has 8 rings (SSSR count). The summed E-state index contributed by atoms with van der Waals surface area (Å²) in [7, 11) is 0. The third kappa shape index (κ3) is 4.64. The molecule has 1 heterocycles. The van der Waals surface area contributed by atoms with Crippen LogP contribution in [0.5, 0.6) is 5.75 Å². The molecule has 7 aromatic carbocycles. The summed E-state index contributed by atoms with van der Waals surface area (Å²) < 4.78 is 6.05. The predicted molar refractivity (Wildman–Crippen MR) is 179 cm³/mol. The molecule has 43 heavy (non-hydrogen) atoms. The highest BCUT2D eigenvalue weighted by atomic mass is 16.5. The summed E-state index contributed by atoms with van der Waals surface area (Å²) >= 11 is 0. The van der Waals surface area contributed by atoms with Crippen molar-refractivity contribution in [2.75, 3.05) is 4.90 Å². The van der Waals surface area contributed by atoms with E-state index in [1.54, 1.807) is 0 Å². The van der Waals surface area contributed by atoms with E-state index in [9.17, 15) is 0 Å². The summed E-state index contributed by atoms with van der Waals surface area (Å²) in [5, 5.41) is 2.45. The summed E-state index contributed by atoms with van der Waals surface area (Å²) in [5.41, 5.74) is 11.8. The predicted octanol–water partition coefficient (Wildman–Crippen LogP) is 11.2. The topological polar surface area (TPSA) is 12.5 Å². The zero-order chi connectivity index (χ0) is 28.6. The summed E-state index contributed by atoms with van der Waals surface area (Å²) in [6, 6.07) is 58.4. The molecule has 0 bridgehead atoms. The molecular formula is C41H29NO. The highest BCUT2D eigenvalue weighted by molar-refractivity contribution is 6.02. The van der Waals surface area contributed by atoms with E-state index < -0.39 is 0 Å². The van der Waals surface area contributed by atoms with Gasteiger partial charge in [0.05, 0.1) is 0 Å². The van der Waals surface area contributed by atoms with Crippen molar-refractivity contribution in [3.8, 4) is 39.1 Å². The second kappa shape index (κ2) is 10.7. The lowest BCUT2D eigenvalue weighted by atomic mass is 9.91. The number of hydrogen-bond donors (Lipinski definition) is 0. The highest BCUT2D eigenvalue weighted by Crippen LogP contribution is 2.44. The number of ether oxygens (including phenoxy) is 1. The fourth-order valence-corrected chi connectivity index (χ4v) is 6.21. The SMILES string of the molecule is c1ccc(-c2ccc(N(c3ccc(-c4ccccc4)cc3)c3ccc4c5c(ccc4c3)COc3ccccc3-5)cc2)cc1. The van der Waals surface area contributed by atoms with Gasteiger partial charge in [0.2, 0.25) is 0 Å². The number of hydrogen-bond acceptors (Lipinski definition) is 2. The lowest BCUT2D eigenvalue weighted by Gasteiger charge is -2.27. The fraction of sp³-hybridized carbons (Fsp3) is 0.0244. The Balaban J connectivity index is 1.25. The van der Waals surface area contributed by atoms with Gasteiger partial charge in [0, 0.05) is 22.6 Å². The third-order valence-electron chi connectivity index (χ3n) is 8.35. The average molecular weight is 552 g/mol. The third-order valence-corrected chi connectivity index (χ3v) is 8.35. The maximum Gasteiger partial charge on any atom is 0.127 e. The molecule has 0 aliphatic carbocycles. The Morgan fingerprint density at radius 2 is 0.977 bits per heavy atom. The maximum atomic E-state index is 6.05. The smallest absolute Gasteiger partial charge is 0.127 e. The Morgan fingerprint density at radius 1 is 0.442 bits per heavy atom. The molecule has 0 radical (unpaired) electrons. The Bertz CT molecular complexity index is 1960. The van der Waals surface area contributed by atoms with Crippen molar-refractivity contribution in [3.63, 3.8) is 0 Å². The van der Waals surface area contributed by atoms with E-state index in [-0.39, 0.29) is 0 Å². The van der Waals surface area contributed by atoms with Crippen molar-refractivity contribution < 1.29 is 4.74 Å². The van der Waals surface area contributed by atoms with E-state index in [1.165, 1.54) is 44.2 Å². The van der Waals surface area contributed by atoms with Crippen molar-refractivity contribution in [2.24, 2.45) is 0 Å². The zero-order valence-corrected chi connectivity index (χ0v) is 23.7. The first kappa shape index (κ1) is 25.1. The largest absolute Gasteiger partial charge is 0.488 e. The van der Waals surface area contributed by atoms with Crippen LogP contribution in [0, 0.1) is 0 Å². The van der Waals surface area contributed by atoms with E-state index in [1.807, 2.05) is 6.07 Å². The minimum Gasteiger partial charge on any atom is -0.488 e. The second-order valence-electron chi connectivity index (χ2n) is 11.0. The van der Waals surface area contributed by atoms with Crippen LogP contribution in [0.15, 0.2) is 164 Å². The van der Waals surface area contributed by atoms with Crippen molar-refractivity contribution in [1.29, 1.82) is 0 Å². The van der Waals surface area contributed by atoms with Gasteiger partial charge >= 0.3 is 0 Å². The van der Waals surface area contributed by atoms with Crippen molar-refractivity contribution in [2.45, 2.75) is 6.61 Å². The van der Waals surface area contributed by atoms with Crippen LogP contribution in [0.25, 0.3) is 44.2 Å². The molecule has 0 saturated carbocycles. The summed E-state index contributed by atoms with van der Waals surface area (Å²) in [6.07, 6.45) is 0. The van der Waals surface area contributed by atoms with Crippen LogP contribution in [0.2, 0.25) is 0 Å². The Morgan fingerprint density at radius 3 is 1.60 bits per heavy atom. The van der Waals surface area contributed by atoms with Crippen molar-refractivity contribution in [1.82, 2.24) is 0 Å². The molecule has 204 valence electrons. The molecule has 1 aliphatic rings.